The molecule has 0 saturated carbocycles. The Morgan fingerprint density at radius 1 is 1.24 bits per heavy atom. The molecule has 4 rings (SSSR count). The highest BCUT2D eigenvalue weighted by Crippen LogP contribution is 2.48. The number of hydrogen-bond donors (Lipinski definition) is 0. The Morgan fingerprint density at radius 3 is 2.86 bits per heavy atom. The summed E-state index contributed by atoms with van der Waals surface area (Å²) in [5.41, 5.74) is 5.56. The highest BCUT2D eigenvalue weighted by Gasteiger charge is 2.33. The van der Waals surface area contributed by atoms with Crippen LogP contribution >= 0.6 is 15.9 Å². The predicted molar refractivity (Wildman–Crippen MR) is 86.4 cm³/mol. The zero-order valence-electron chi connectivity index (χ0n) is 12.0. The molecule has 0 spiro atoms. The lowest BCUT2D eigenvalue weighted by molar-refractivity contribution is 0.0734. The maximum Gasteiger partial charge on any atom is 0.230 e. The lowest BCUT2D eigenvalue weighted by Crippen LogP contribution is -2.03. The van der Waals surface area contributed by atoms with Crippen molar-refractivity contribution in [3.8, 4) is 0 Å². The molecule has 108 valence electrons. The van der Waals surface area contributed by atoms with Gasteiger partial charge in [0.25, 0.3) is 0 Å². The van der Waals surface area contributed by atoms with Gasteiger partial charge in [-0.3, -0.25) is 0 Å². The molecule has 0 bridgehead atoms. The van der Waals surface area contributed by atoms with Crippen molar-refractivity contribution in [2.75, 3.05) is 6.79 Å². The summed E-state index contributed by atoms with van der Waals surface area (Å²) in [5.74, 6) is 2.45. The van der Waals surface area contributed by atoms with Gasteiger partial charge in [0, 0.05) is 6.42 Å². The summed E-state index contributed by atoms with van der Waals surface area (Å²) in [4.78, 5) is 0. The Labute approximate surface area is 133 Å². The van der Waals surface area contributed by atoms with E-state index in [2.05, 4.69) is 53.2 Å². The Kier molecular flexibility index (Phi) is 3.18. The summed E-state index contributed by atoms with van der Waals surface area (Å²) >= 11 is 3.69. The molecule has 4 aliphatic rings. The number of hydrogen-bond acceptors (Lipinski definition) is 2. The van der Waals surface area contributed by atoms with Crippen LogP contribution in [0.2, 0.25) is 0 Å². The highest BCUT2D eigenvalue weighted by atomic mass is 79.9. The average Bonchev–Trinajstić information content (AvgIpc) is 3.17. The third-order valence-corrected chi connectivity index (χ3v) is 5.33. The first-order chi connectivity index (χ1) is 10.2. The SMILES string of the molecule is CC1=CC2=C(Br)C3=C(CC2=C1CCC1C=CC=C1)OCO3. The minimum atomic E-state index is 0.343. The molecule has 3 aliphatic carbocycles. The number of fused-ring (bicyclic) bond motifs is 1. The third-order valence-electron chi connectivity index (χ3n) is 4.54. The summed E-state index contributed by atoms with van der Waals surface area (Å²) in [6.45, 7) is 2.55. The van der Waals surface area contributed by atoms with E-state index in [0.29, 0.717) is 12.7 Å². The van der Waals surface area contributed by atoms with Gasteiger partial charge < -0.3 is 9.47 Å². The minimum absolute atomic E-state index is 0.343. The van der Waals surface area contributed by atoms with Crippen LogP contribution < -0.4 is 0 Å². The first kappa shape index (κ1) is 13.2. The Bertz CT molecular complexity index is 674. The molecule has 3 heteroatoms. The van der Waals surface area contributed by atoms with Crippen LogP contribution in [0.4, 0.5) is 0 Å². The van der Waals surface area contributed by atoms with Crippen molar-refractivity contribution >= 4 is 15.9 Å². The molecule has 1 aliphatic heterocycles. The van der Waals surface area contributed by atoms with Crippen LogP contribution in [0.5, 0.6) is 0 Å². The normalized spacial score (nSPS) is 23.6. The van der Waals surface area contributed by atoms with Crippen LogP contribution in [0, 0.1) is 5.92 Å². The van der Waals surface area contributed by atoms with Crippen molar-refractivity contribution in [3.63, 3.8) is 0 Å². The van der Waals surface area contributed by atoms with Gasteiger partial charge >= 0.3 is 0 Å². The van der Waals surface area contributed by atoms with E-state index in [-0.39, 0.29) is 0 Å². The van der Waals surface area contributed by atoms with Crippen LogP contribution in [0.25, 0.3) is 0 Å². The van der Waals surface area contributed by atoms with Gasteiger partial charge in [-0.05, 0) is 63.9 Å². The molecule has 0 aromatic rings. The lowest BCUT2D eigenvalue weighted by atomic mass is 9.91. The van der Waals surface area contributed by atoms with Crippen molar-refractivity contribution in [3.05, 3.63) is 68.7 Å². The van der Waals surface area contributed by atoms with Crippen molar-refractivity contribution in [1.82, 2.24) is 0 Å². The molecular formula is C18H17BrO2. The van der Waals surface area contributed by atoms with E-state index in [1.165, 1.54) is 28.7 Å². The summed E-state index contributed by atoms with van der Waals surface area (Å²) < 4.78 is 12.2. The number of halogens is 1. The molecule has 0 N–H and O–H groups in total. The third kappa shape index (κ3) is 2.15. The highest BCUT2D eigenvalue weighted by molar-refractivity contribution is 9.12. The van der Waals surface area contributed by atoms with E-state index in [1.54, 1.807) is 0 Å². The molecule has 1 heterocycles. The Morgan fingerprint density at radius 2 is 2.05 bits per heavy atom. The fourth-order valence-corrected chi connectivity index (χ4v) is 4.11. The van der Waals surface area contributed by atoms with E-state index >= 15 is 0 Å². The van der Waals surface area contributed by atoms with Crippen molar-refractivity contribution in [2.24, 2.45) is 5.92 Å². The first-order valence-electron chi connectivity index (χ1n) is 7.39. The number of allylic oxidation sites excluding steroid dienone is 10. The maximum atomic E-state index is 5.61. The van der Waals surface area contributed by atoms with Crippen molar-refractivity contribution in [1.29, 1.82) is 0 Å². The maximum absolute atomic E-state index is 5.61. The minimum Gasteiger partial charge on any atom is -0.458 e. The van der Waals surface area contributed by atoms with Crippen LogP contribution in [0.3, 0.4) is 0 Å². The largest absolute Gasteiger partial charge is 0.458 e. The predicted octanol–water partition coefficient (Wildman–Crippen LogP) is 5.03. The van der Waals surface area contributed by atoms with Gasteiger partial charge in [0.1, 0.15) is 5.76 Å². The second kappa shape index (κ2) is 5.06. The molecule has 0 aromatic heterocycles. The molecule has 0 unspecified atom stereocenters. The molecular weight excluding hydrogens is 328 g/mol. The van der Waals surface area contributed by atoms with Gasteiger partial charge in [-0.15, -0.1) is 0 Å². The van der Waals surface area contributed by atoms with Gasteiger partial charge in [0.2, 0.25) is 6.79 Å². The van der Waals surface area contributed by atoms with Gasteiger partial charge in [0.15, 0.2) is 5.76 Å². The molecule has 0 aromatic carbocycles. The van der Waals surface area contributed by atoms with Gasteiger partial charge in [-0.2, -0.15) is 0 Å². The quantitative estimate of drug-likeness (QED) is 0.714. The van der Waals surface area contributed by atoms with Crippen molar-refractivity contribution in [2.45, 2.75) is 26.2 Å². The van der Waals surface area contributed by atoms with E-state index in [4.69, 9.17) is 9.47 Å². The van der Waals surface area contributed by atoms with Gasteiger partial charge in [0.05, 0.1) is 4.48 Å². The summed E-state index contributed by atoms with van der Waals surface area (Å²) in [6, 6.07) is 0. The fourth-order valence-electron chi connectivity index (χ4n) is 3.42. The zero-order valence-corrected chi connectivity index (χ0v) is 13.6. The van der Waals surface area contributed by atoms with E-state index < -0.39 is 0 Å². The molecule has 0 atom stereocenters. The molecule has 0 saturated heterocycles. The van der Waals surface area contributed by atoms with E-state index in [0.717, 1.165) is 28.8 Å². The Hall–Kier alpha value is -1.48. The topological polar surface area (TPSA) is 18.5 Å². The molecule has 0 amide bonds. The van der Waals surface area contributed by atoms with Crippen LogP contribution in [0.1, 0.15) is 26.2 Å². The molecule has 2 nitrogen and oxygen atoms in total. The van der Waals surface area contributed by atoms with Crippen LogP contribution in [0.15, 0.2) is 68.7 Å². The fraction of sp³-hybridized carbons (Fsp3) is 0.333. The standard InChI is InChI=1S/C18H17BrO2/c1-11-8-15-14(9-16-18(17(15)19)21-10-20-16)13(11)7-6-12-4-2-3-5-12/h2-5,8,12H,6-7,9-10H2,1H3. The monoisotopic (exact) mass is 344 g/mol. The van der Waals surface area contributed by atoms with Crippen LogP contribution in [-0.2, 0) is 9.47 Å². The molecule has 0 radical (unpaired) electrons. The summed E-state index contributed by atoms with van der Waals surface area (Å²) in [7, 11) is 0. The van der Waals surface area contributed by atoms with Crippen LogP contribution in [-0.4, -0.2) is 6.79 Å². The smallest absolute Gasteiger partial charge is 0.230 e. The second-order valence-electron chi connectivity index (χ2n) is 5.82. The number of rotatable bonds is 3. The summed E-state index contributed by atoms with van der Waals surface area (Å²) in [6.07, 6.45) is 14.3. The lowest BCUT2D eigenvalue weighted by Gasteiger charge is -2.17. The second-order valence-corrected chi connectivity index (χ2v) is 6.61. The van der Waals surface area contributed by atoms with Gasteiger partial charge in [-0.25, -0.2) is 0 Å². The molecule has 21 heavy (non-hydrogen) atoms. The summed E-state index contributed by atoms with van der Waals surface area (Å²) in [5, 5.41) is 0. The average molecular weight is 345 g/mol. The van der Waals surface area contributed by atoms with Gasteiger partial charge in [-0.1, -0.05) is 30.4 Å². The van der Waals surface area contributed by atoms with Crippen molar-refractivity contribution < 1.29 is 9.47 Å². The van der Waals surface area contributed by atoms with E-state index in [9.17, 15) is 0 Å². The zero-order chi connectivity index (χ0) is 14.4. The molecule has 0 fully saturated rings. The Balaban J connectivity index is 1.63. The first-order valence-corrected chi connectivity index (χ1v) is 8.18. The van der Waals surface area contributed by atoms with E-state index in [1.807, 2.05) is 0 Å². The number of ether oxygens (including phenoxy) is 2.